The van der Waals surface area contributed by atoms with Crippen LogP contribution in [0.5, 0.6) is 0 Å². The molecule has 0 unspecified atom stereocenters. The van der Waals surface area contributed by atoms with Gasteiger partial charge < -0.3 is 31.2 Å². The number of nitrogens with two attached hydrogens (primary N) is 1. The molecule has 1 amide bonds. The van der Waals surface area contributed by atoms with E-state index in [2.05, 4.69) is 15.2 Å². The van der Waals surface area contributed by atoms with Gasteiger partial charge in [-0.1, -0.05) is 12.1 Å². The SMILES string of the molecule is C[C@H](O)CNC(=O)c1cncc(-c2cc3nc(-c4cccc(N)c4C=N)nc(N4CCOCC4)c3s2)c1. The molecule has 1 aliphatic heterocycles. The van der Waals surface area contributed by atoms with Crippen molar-refractivity contribution < 1.29 is 14.6 Å². The van der Waals surface area contributed by atoms with E-state index in [9.17, 15) is 9.90 Å². The predicted octanol–water partition coefficient (Wildman–Crippen LogP) is 2.95. The summed E-state index contributed by atoms with van der Waals surface area (Å²) in [7, 11) is 0. The van der Waals surface area contributed by atoms with Crippen molar-refractivity contribution in [2.75, 3.05) is 43.5 Å². The van der Waals surface area contributed by atoms with Gasteiger partial charge in [-0.3, -0.25) is 9.78 Å². The molecule has 37 heavy (non-hydrogen) atoms. The van der Waals surface area contributed by atoms with Gasteiger partial charge in [-0.2, -0.15) is 0 Å². The summed E-state index contributed by atoms with van der Waals surface area (Å²) in [6, 6.07) is 9.21. The van der Waals surface area contributed by atoms with Crippen molar-refractivity contribution in [3.63, 3.8) is 0 Å². The quantitative estimate of drug-likeness (QED) is 0.216. The Bertz CT molecular complexity index is 1460. The monoisotopic (exact) mass is 517 g/mol. The van der Waals surface area contributed by atoms with E-state index in [1.807, 2.05) is 18.2 Å². The minimum atomic E-state index is -0.637. The lowest BCUT2D eigenvalue weighted by molar-refractivity contribution is 0.0923. The molecule has 1 aliphatic rings. The fourth-order valence-electron chi connectivity index (χ4n) is 4.15. The van der Waals surface area contributed by atoms with Gasteiger partial charge in [0.15, 0.2) is 11.6 Å². The first-order valence-electron chi connectivity index (χ1n) is 11.9. The Kier molecular flexibility index (Phi) is 7.08. The number of anilines is 2. The van der Waals surface area contributed by atoms with Gasteiger partial charge in [-0.05, 0) is 25.1 Å². The summed E-state index contributed by atoms with van der Waals surface area (Å²) in [5.74, 6) is 0.999. The van der Waals surface area contributed by atoms with Crippen molar-refractivity contribution in [2.24, 2.45) is 0 Å². The zero-order valence-corrected chi connectivity index (χ0v) is 21.1. The number of amides is 1. The molecule has 1 saturated heterocycles. The zero-order chi connectivity index (χ0) is 25.9. The Morgan fingerprint density at radius 2 is 2.11 bits per heavy atom. The van der Waals surface area contributed by atoms with Crippen molar-refractivity contribution in [1.29, 1.82) is 5.41 Å². The topological polar surface area (TPSA) is 150 Å². The maximum Gasteiger partial charge on any atom is 0.252 e. The molecule has 0 saturated carbocycles. The van der Waals surface area contributed by atoms with Gasteiger partial charge in [0.2, 0.25) is 0 Å². The van der Waals surface area contributed by atoms with Crippen LogP contribution >= 0.6 is 11.3 Å². The van der Waals surface area contributed by atoms with Crippen LogP contribution in [-0.4, -0.2) is 71.1 Å². The van der Waals surface area contributed by atoms with Crippen LogP contribution in [0.3, 0.4) is 0 Å². The summed E-state index contributed by atoms with van der Waals surface area (Å²) < 4.78 is 6.48. The molecule has 1 atom stereocenters. The molecule has 1 fully saturated rings. The summed E-state index contributed by atoms with van der Waals surface area (Å²) >= 11 is 1.54. The van der Waals surface area contributed by atoms with Crippen molar-refractivity contribution in [1.82, 2.24) is 20.3 Å². The molecule has 0 spiro atoms. The van der Waals surface area contributed by atoms with E-state index in [-0.39, 0.29) is 12.5 Å². The molecule has 0 aliphatic carbocycles. The van der Waals surface area contributed by atoms with Crippen LogP contribution in [0.15, 0.2) is 42.7 Å². The van der Waals surface area contributed by atoms with Crippen LogP contribution in [0.25, 0.3) is 32.0 Å². The highest BCUT2D eigenvalue weighted by molar-refractivity contribution is 7.22. The molecule has 0 bridgehead atoms. The number of fused-ring (bicyclic) bond motifs is 1. The number of nitrogen functional groups attached to an aromatic ring is 1. The molecule has 10 nitrogen and oxygen atoms in total. The van der Waals surface area contributed by atoms with Crippen LogP contribution in [-0.2, 0) is 4.74 Å². The number of morpholine rings is 1. The van der Waals surface area contributed by atoms with Crippen molar-refractivity contribution in [3.8, 4) is 21.8 Å². The highest BCUT2D eigenvalue weighted by atomic mass is 32.1. The van der Waals surface area contributed by atoms with Crippen LogP contribution in [0, 0.1) is 5.41 Å². The first kappa shape index (κ1) is 24.8. The van der Waals surface area contributed by atoms with Crippen molar-refractivity contribution >= 4 is 45.2 Å². The number of carbonyl (C=O) groups is 1. The van der Waals surface area contributed by atoms with Gasteiger partial charge in [0, 0.05) is 65.5 Å². The average molecular weight is 518 g/mol. The molecule has 0 radical (unpaired) electrons. The predicted molar refractivity (Wildman–Crippen MR) is 145 cm³/mol. The number of pyridine rings is 1. The summed E-state index contributed by atoms with van der Waals surface area (Å²) in [5.41, 5.74) is 9.84. The van der Waals surface area contributed by atoms with E-state index in [1.54, 1.807) is 25.3 Å². The second kappa shape index (κ2) is 10.6. The fraction of sp³-hybridized carbons (Fsp3) is 0.269. The number of aromatic nitrogens is 3. The third-order valence-electron chi connectivity index (χ3n) is 6.03. The number of hydrogen-bond acceptors (Lipinski definition) is 10. The maximum absolute atomic E-state index is 12.5. The highest BCUT2D eigenvalue weighted by Crippen LogP contribution is 2.39. The number of benzene rings is 1. The second-order valence-electron chi connectivity index (χ2n) is 8.77. The first-order valence-corrected chi connectivity index (χ1v) is 12.7. The van der Waals surface area contributed by atoms with E-state index in [0.29, 0.717) is 54.5 Å². The van der Waals surface area contributed by atoms with Gasteiger partial charge in [0.1, 0.15) is 0 Å². The standard InChI is InChI=1S/C26H27N7O3S/c1-15(34)12-30-26(35)17-9-16(13-29-14-17)22-10-21-23(37-22)25(33-5-7-36-8-6-33)32-24(31-21)18-3-2-4-20(28)19(18)11-27/h2-4,9-11,13-15,27,34H,5-8,12,28H2,1H3,(H,30,35)/t15-/m0/s1. The van der Waals surface area contributed by atoms with Crippen LogP contribution in [0.1, 0.15) is 22.8 Å². The average Bonchev–Trinajstić information content (AvgIpc) is 3.36. The highest BCUT2D eigenvalue weighted by Gasteiger charge is 2.22. The zero-order valence-electron chi connectivity index (χ0n) is 20.3. The minimum Gasteiger partial charge on any atom is -0.398 e. The number of nitrogens with one attached hydrogen (secondary N) is 2. The summed E-state index contributed by atoms with van der Waals surface area (Å²) in [6.45, 7) is 4.39. The van der Waals surface area contributed by atoms with E-state index in [4.69, 9.17) is 25.8 Å². The Morgan fingerprint density at radius 1 is 1.30 bits per heavy atom. The normalized spacial score (nSPS) is 14.5. The second-order valence-corrected chi connectivity index (χ2v) is 9.82. The first-order chi connectivity index (χ1) is 17.9. The largest absolute Gasteiger partial charge is 0.398 e. The van der Waals surface area contributed by atoms with Gasteiger partial charge >= 0.3 is 0 Å². The van der Waals surface area contributed by atoms with Crippen LogP contribution < -0.4 is 16.0 Å². The Hall–Kier alpha value is -3.93. The van der Waals surface area contributed by atoms with Gasteiger partial charge in [0.25, 0.3) is 5.91 Å². The molecule has 11 heteroatoms. The molecule has 190 valence electrons. The van der Waals surface area contributed by atoms with Crippen LogP contribution in [0.4, 0.5) is 11.5 Å². The van der Waals surface area contributed by atoms with E-state index < -0.39 is 6.10 Å². The number of aliphatic hydroxyl groups is 1. The van der Waals surface area contributed by atoms with Crippen molar-refractivity contribution in [3.05, 3.63) is 53.9 Å². The molecular weight excluding hydrogens is 490 g/mol. The number of carbonyl (C=O) groups excluding carboxylic acids is 1. The summed E-state index contributed by atoms with van der Waals surface area (Å²) in [4.78, 5) is 29.7. The number of nitrogens with zero attached hydrogens (tertiary/aromatic N) is 4. The lowest BCUT2D eigenvalue weighted by atomic mass is 10.1. The number of hydrogen-bond donors (Lipinski definition) is 4. The molecule has 4 heterocycles. The molecule has 4 aromatic rings. The van der Waals surface area contributed by atoms with Gasteiger partial charge in [0.05, 0.1) is 35.1 Å². The minimum absolute atomic E-state index is 0.162. The van der Waals surface area contributed by atoms with Gasteiger partial charge in [-0.15, -0.1) is 11.3 Å². The summed E-state index contributed by atoms with van der Waals surface area (Å²) in [6.07, 6.45) is 3.81. The lowest BCUT2D eigenvalue weighted by Crippen LogP contribution is -2.36. The van der Waals surface area contributed by atoms with E-state index >= 15 is 0 Å². The Morgan fingerprint density at radius 3 is 2.86 bits per heavy atom. The van der Waals surface area contributed by atoms with Gasteiger partial charge in [-0.25, -0.2) is 9.97 Å². The Labute approximate surface area is 217 Å². The molecule has 1 aromatic carbocycles. The maximum atomic E-state index is 12.5. The number of ether oxygens (including phenoxy) is 1. The number of aliphatic hydroxyl groups excluding tert-OH is 1. The molecule has 3 aromatic heterocycles. The third kappa shape index (κ3) is 5.15. The molecular formula is C26H27N7O3S. The van der Waals surface area contributed by atoms with Crippen molar-refractivity contribution in [2.45, 2.75) is 13.0 Å². The lowest BCUT2D eigenvalue weighted by Gasteiger charge is -2.28. The molecule has 5 rings (SSSR count). The van der Waals surface area contributed by atoms with E-state index in [1.165, 1.54) is 23.7 Å². The molecule has 5 N–H and O–H groups in total. The third-order valence-corrected chi connectivity index (χ3v) is 7.20. The Balaban J connectivity index is 1.61. The van der Waals surface area contributed by atoms with Crippen LogP contribution in [0.2, 0.25) is 0 Å². The number of rotatable bonds is 7. The number of thiophene rings is 1. The summed E-state index contributed by atoms with van der Waals surface area (Å²) in [5, 5.41) is 20.0. The van der Waals surface area contributed by atoms with E-state index in [0.717, 1.165) is 26.5 Å². The fourth-order valence-corrected chi connectivity index (χ4v) is 5.24. The smallest absolute Gasteiger partial charge is 0.252 e.